The maximum Gasteiger partial charge on any atom is 0.337 e. The number of dihydropyridines is 1. The van der Waals surface area contributed by atoms with Crippen LogP contribution in [0.1, 0.15) is 47.6 Å². The summed E-state index contributed by atoms with van der Waals surface area (Å²) in [5.41, 5.74) is 3.78. The Kier molecular flexibility index (Phi) is 8.35. The molecule has 2 atom stereocenters. The topological polar surface area (TPSA) is 92.3 Å². The number of carbonyl (C=O) groups is 2. The number of benzene rings is 2. The summed E-state index contributed by atoms with van der Waals surface area (Å²) in [7, 11) is 6.24. The Morgan fingerprint density at radius 2 is 1.63 bits per heavy atom. The van der Waals surface area contributed by atoms with Crippen LogP contribution in [0.15, 0.2) is 76.5 Å². The molecule has 9 heteroatoms. The Hall–Kier alpha value is -4.24. The molecule has 0 fully saturated rings. The molecule has 2 aromatic carbocycles. The molecule has 2 aliphatic rings. The smallest absolute Gasteiger partial charge is 0.337 e. The van der Waals surface area contributed by atoms with Crippen molar-refractivity contribution in [1.29, 1.82) is 0 Å². The molecule has 1 N–H and O–H groups in total. The number of thiophene rings is 1. The minimum atomic E-state index is -0.721. The van der Waals surface area contributed by atoms with E-state index in [1.807, 2.05) is 42.6 Å². The van der Waals surface area contributed by atoms with Crippen LogP contribution in [0, 0.1) is 0 Å². The van der Waals surface area contributed by atoms with Crippen molar-refractivity contribution in [3.63, 3.8) is 0 Å². The molecule has 41 heavy (non-hydrogen) atoms. The van der Waals surface area contributed by atoms with E-state index < -0.39 is 11.9 Å². The van der Waals surface area contributed by atoms with Gasteiger partial charge in [-0.25, -0.2) is 4.79 Å². The molecule has 1 aromatic heterocycles. The number of nitrogens with one attached hydrogen (secondary N) is 1. The second kappa shape index (κ2) is 12.1. The highest BCUT2D eigenvalue weighted by molar-refractivity contribution is 7.10. The van der Waals surface area contributed by atoms with E-state index in [9.17, 15) is 9.59 Å². The summed E-state index contributed by atoms with van der Waals surface area (Å²) in [6.45, 7) is 1.91. The summed E-state index contributed by atoms with van der Waals surface area (Å²) in [4.78, 5) is 28.9. The van der Waals surface area contributed by atoms with E-state index in [-0.39, 0.29) is 18.3 Å². The fourth-order valence-electron chi connectivity index (χ4n) is 5.57. The van der Waals surface area contributed by atoms with Crippen LogP contribution in [0.3, 0.4) is 0 Å². The zero-order chi connectivity index (χ0) is 29.1. The molecule has 0 amide bonds. The van der Waals surface area contributed by atoms with Crippen LogP contribution in [0.25, 0.3) is 0 Å². The fourth-order valence-corrected chi connectivity index (χ4v) is 6.40. The second-order valence-corrected chi connectivity index (χ2v) is 10.9. The van der Waals surface area contributed by atoms with Crippen LogP contribution in [0.2, 0.25) is 0 Å². The average molecular weight is 576 g/mol. The highest BCUT2D eigenvalue weighted by Gasteiger charge is 2.43. The number of allylic oxidation sites excluding steroid dienone is 3. The zero-order valence-corrected chi connectivity index (χ0v) is 24.6. The molecule has 1 aliphatic heterocycles. The minimum absolute atomic E-state index is 0.0213. The molecular weight excluding hydrogens is 542 g/mol. The molecule has 0 saturated carbocycles. The number of Topliss-reactive ketones (excluding diaryl/α,β-unsaturated/α-hetero) is 1. The first-order valence-electron chi connectivity index (χ1n) is 13.3. The molecule has 0 unspecified atom stereocenters. The number of carbonyl (C=O) groups excluding carboxylic acids is 2. The van der Waals surface area contributed by atoms with Crippen LogP contribution in [-0.4, -0.2) is 40.2 Å². The predicted molar refractivity (Wildman–Crippen MR) is 156 cm³/mol. The normalized spacial score (nSPS) is 18.4. The van der Waals surface area contributed by atoms with Crippen molar-refractivity contribution in [2.45, 2.75) is 38.2 Å². The lowest BCUT2D eigenvalue weighted by atomic mass is 9.72. The highest BCUT2D eigenvalue weighted by Crippen LogP contribution is 2.50. The van der Waals surface area contributed by atoms with Crippen LogP contribution >= 0.6 is 11.3 Å². The van der Waals surface area contributed by atoms with Crippen molar-refractivity contribution in [1.82, 2.24) is 5.32 Å². The van der Waals surface area contributed by atoms with Gasteiger partial charge in [0.1, 0.15) is 18.1 Å². The van der Waals surface area contributed by atoms with Gasteiger partial charge in [0.25, 0.3) is 0 Å². The third-order valence-corrected chi connectivity index (χ3v) is 8.60. The van der Waals surface area contributed by atoms with Crippen molar-refractivity contribution in [2.24, 2.45) is 0 Å². The lowest BCUT2D eigenvalue weighted by Crippen LogP contribution is -2.36. The SMILES string of the molecule is COc1ccc(COC(=O)C2=C(C)NC3=C(C(=O)C[C@@H](c4cccs4)C3)[C@@H]2c2cc(OC)c(OC)cc2OC)cc1. The molecule has 1 aliphatic carbocycles. The van der Waals surface area contributed by atoms with E-state index >= 15 is 0 Å². The highest BCUT2D eigenvalue weighted by atomic mass is 32.1. The van der Waals surface area contributed by atoms with Crippen LogP contribution < -0.4 is 24.3 Å². The molecule has 214 valence electrons. The van der Waals surface area contributed by atoms with Crippen molar-refractivity contribution in [3.8, 4) is 23.0 Å². The second-order valence-electron chi connectivity index (χ2n) is 9.91. The number of esters is 1. The first-order chi connectivity index (χ1) is 19.9. The van der Waals surface area contributed by atoms with Crippen molar-refractivity contribution in [3.05, 3.63) is 92.5 Å². The lowest BCUT2D eigenvalue weighted by Gasteiger charge is -2.37. The number of methoxy groups -OCH3 is 4. The van der Waals surface area contributed by atoms with Gasteiger partial charge in [0.05, 0.1) is 39.9 Å². The molecule has 0 bridgehead atoms. The summed E-state index contributed by atoms with van der Waals surface area (Å²) >= 11 is 1.65. The number of hydrogen-bond donors (Lipinski definition) is 1. The lowest BCUT2D eigenvalue weighted by molar-refractivity contribution is -0.140. The number of rotatable bonds is 9. The molecule has 2 heterocycles. The largest absolute Gasteiger partial charge is 0.497 e. The Balaban J connectivity index is 1.58. The maximum absolute atomic E-state index is 13.9. The Morgan fingerprint density at radius 3 is 2.27 bits per heavy atom. The van der Waals surface area contributed by atoms with Crippen LogP contribution in [0.4, 0.5) is 0 Å². The van der Waals surface area contributed by atoms with Gasteiger partial charge in [-0.05, 0) is 48.6 Å². The predicted octanol–water partition coefficient (Wildman–Crippen LogP) is 5.89. The Labute approximate surface area is 243 Å². The van der Waals surface area contributed by atoms with Gasteiger partial charge in [-0.2, -0.15) is 0 Å². The Bertz CT molecular complexity index is 1510. The van der Waals surface area contributed by atoms with E-state index in [2.05, 4.69) is 11.4 Å². The standard InChI is InChI=1S/C32H33NO7S/c1-18-29(32(35)40-17-19-8-10-21(36-2)11-9-19)30(22-15-26(38-4)27(39-5)16-25(22)37-3)31-23(33-18)13-20(14-24(31)34)28-7-6-12-41-28/h6-12,15-16,20,30,33H,13-14,17H2,1-5H3/t20-,30+/m0/s1. The molecule has 0 saturated heterocycles. The van der Waals surface area contributed by atoms with Crippen molar-refractivity contribution < 1.29 is 33.3 Å². The average Bonchev–Trinajstić information content (AvgIpc) is 3.54. The van der Waals surface area contributed by atoms with Gasteiger partial charge in [-0.15, -0.1) is 11.3 Å². The van der Waals surface area contributed by atoms with Crippen LogP contribution in [0.5, 0.6) is 23.0 Å². The summed E-state index contributed by atoms with van der Waals surface area (Å²) in [5, 5.41) is 5.43. The van der Waals surface area contributed by atoms with Gasteiger partial charge in [0.2, 0.25) is 0 Å². The summed E-state index contributed by atoms with van der Waals surface area (Å²) in [6, 6.07) is 14.9. The summed E-state index contributed by atoms with van der Waals surface area (Å²) in [5.74, 6) is 0.939. The quantitative estimate of drug-likeness (QED) is 0.316. The summed E-state index contributed by atoms with van der Waals surface area (Å²) in [6.07, 6.45) is 1.000. The molecule has 5 rings (SSSR count). The molecule has 0 radical (unpaired) electrons. The summed E-state index contributed by atoms with van der Waals surface area (Å²) < 4.78 is 27.9. The minimum Gasteiger partial charge on any atom is -0.497 e. The number of ether oxygens (including phenoxy) is 5. The molecule has 8 nitrogen and oxygen atoms in total. The van der Waals surface area contributed by atoms with E-state index in [1.54, 1.807) is 51.9 Å². The maximum atomic E-state index is 13.9. The van der Waals surface area contributed by atoms with Gasteiger partial charge in [-0.1, -0.05) is 18.2 Å². The first kappa shape index (κ1) is 28.3. The van der Waals surface area contributed by atoms with Gasteiger partial charge in [0.15, 0.2) is 17.3 Å². The van der Waals surface area contributed by atoms with Gasteiger partial charge in [-0.3, -0.25) is 4.79 Å². The monoisotopic (exact) mass is 575 g/mol. The molecule has 0 spiro atoms. The van der Waals surface area contributed by atoms with E-state index in [0.29, 0.717) is 58.2 Å². The van der Waals surface area contributed by atoms with E-state index in [0.717, 1.165) is 11.3 Å². The fraction of sp³-hybridized carbons (Fsp3) is 0.312. The third-order valence-electron chi connectivity index (χ3n) is 7.57. The third kappa shape index (κ3) is 5.54. The molecule has 3 aromatic rings. The number of ketones is 1. The van der Waals surface area contributed by atoms with Gasteiger partial charge >= 0.3 is 5.97 Å². The molecular formula is C32H33NO7S. The van der Waals surface area contributed by atoms with E-state index in [1.165, 1.54) is 4.88 Å². The zero-order valence-electron chi connectivity index (χ0n) is 23.7. The van der Waals surface area contributed by atoms with Gasteiger partial charge in [0, 0.05) is 45.8 Å². The van der Waals surface area contributed by atoms with E-state index in [4.69, 9.17) is 23.7 Å². The Morgan fingerprint density at radius 1 is 0.927 bits per heavy atom. The first-order valence-corrected chi connectivity index (χ1v) is 14.1. The van der Waals surface area contributed by atoms with Gasteiger partial charge < -0.3 is 29.0 Å². The van der Waals surface area contributed by atoms with Crippen molar-refractivity contribution >= 4 is 23.1 Å². The number of hydrogen-bond acceptors (Lipinski definition) is 9. The van der Waals surface area contributed by atoms with Crippen LogP contribution in [-0.2, 0) is 20.9 Å². The van der Waals surface area contributed by atoms with Crippen molar-refractivity contribution in [2.75, 3.05) is 28.4 Å².